The van der Waals surface area contributed by atoms with Crippen LogP contribution in [0.15, 0.2) is 0 Å². The summed E-state index contributed by atoms with van der Waals surface area (Å²) in [5, 5.41) is 0. The molecule has 1 heterocycles. The molecule has 5 nitrogen and oxygen atoms in total. The molecule has 12 heavy (non-hydrogen) atoms. The first kappa shape index (κ1) is 9.15. The number of hydrogen-bond acceptors (Lipinski definition) is 4. The Morgan fingerprint density at radius 1 is 1.67 bits per heavy atom. The van der Waals surface area contributed by atoms with Gasteiger partial charge in [0, 0.05) is 20.2 Å². The minimum Gasteiger partial charge on any atom is -0.371 e. The zero-order chi connectivity index (χ0) is 9.14. The molecule has 1 fully saturated rings. The monoisotopic (exact) mass is 172 g/mol. The molecule has 2 amide bonds. The van der Waals surface area contributed by atoms with Gasteiger partial charge in [-0.05, 0) is 0 Å². The molecule has 1 rings (SSSR count). The third kappa shape index (κ3) is 1.46. The lowest BCUT2D eigenvalue weighted by molar-refractivity contribution is -0.141. The van der Waals surface area contributed by atoms with Gasteiger partial charge in [-0.25, -0.2) is 0 Å². The molecule has 5 heteroatoms. The Kier molecular flexibility index (Phi) is 2.78. The van der Waals surface area contributed by atoms with E-state index in [9.17, 15) is 9.59 Å². The van der Waals surface area contributed by atoms with Gasteiger partial charge in [-0.2, -0.15) is 0 Å². The zero-order valence-electron chi connectivity index (χ0n) is 6.95. The first-order chi connectivity index (χ1) is 5.70. The number of carbonyl (C=O) groups excluding carboxylic acids is 2. The fourth-order valence-electron chi connectivity index (χ4n) is 1.20. The number of imide groups is 1. The number of carbonyl (C=O) groups is 2. The maximum Gasteiger partial charge on any atom is 0.258 e. The van der Waals surface area contributed by atoms with Crippen molar-refractivity contribution >= 4 is 11.8 Å². The van der Waals surface area contributed by atoms with E-state index in [4.69, 9.17) is 10.5 Å². The quantitative estimate of drug-likeness (QED) is 0.538. The molecule has 1 aliphatic rings. The second-order valence-corrected chi connectivity index (χ2v) is 2.60. The van der Waals surface area contributed by atoms with E-state index in [1.54, 1.807) is 0 Å². The molecule has 68 valence electrons. The van der Waals surface area contributed by atoms with Crippen LogP contribution in [0.5, 0.6) is 0 Å². The smallest absolute Gasteiger partial charge is 0.258 e. The molecule has 0 bridgehead atoms. The SMILES string of the molecule is CO[C@@H]1CC(=O)N(CCN)C1=O. The van der Waals surface area contributed by atoms with Crippen LogP contribution in [0.4, 0.5) is 0 Å². The molecule has 0 unspecified atom stereocenters. The van der Waals surface area contributed by atoms with E-state index in [1.807, 2.05) is 0 Å². The number of methoxy groups -OCH3 is 1. The van der Waals surface area contributed by atoms with Crippen LogP contribution in [0.3, 0.4) is 0 Å². The molecule has 0 radical (unpaired) electrons. The van der Waals surface area contributed by atoms with Crippen molar-refractivity contribution < 1.29 is 14.3 Å². The second-order valence-electron chi connectivity index (χ2n) is 2.60. The second kappa shape index (κ2) is 3.64. The maximum atomic E-state index is 11.3. The largest absolute Gasteiger partial charge is 0.371 e. The first-order valence-electron chi connectivity index (χ1n) is 3.77. The Morgan fingerprint density at radius 3 is 2.75 bits per heavy atom. The van der Waals surface area contributed by atoms with Crippen LogP contribution in [-0.2, 0) is 14.3 Å². The molecule has 0 aliphatic carbocycles. The van der Waals surface area contributed by atoms with Gasteiger partial charge in [0.05, 0.1) is 6.42 Å². The number of nitrogens with two attached hydrogens (primary N) is 1. The maximum absolute atomic E-state index is 11.3. The van der Waals surface area contributed by atoms with Crippen LogP contribution < -0.4 is 5.73 Å². The Morgan fingerprint density at radius 2 is 2.33 bits per heavy atom. The van der Waals surface area contributed by atoms with Crippen LogP contribution in [0, 0.1) is 0 Å². The molecule has 2 N–H and O–H groups in total. The van der Waals surface area contributed by atoms with Crippen LogP contribution in [0.1, 0.15) is 6.42 Å². The Labute approximate surface area is 70.5 Å². The van der Waals surface area contributed by atoms with Gasteiger partial charge in [0.2, 0.25) is 5.91 Å². The topological polar surface area (TPSA) is 72.6 Å². The summed E-state index contributed by atoms with van der Waals surface area (Å²) in [6.45, 7) is 0.589. The van der Waals surface area contributed by atoms with Crippen LogP contribution >= 0.6 is 0 Å². The average molecular weight is 172 g/mol. The number of likely N-dealkylation sites (tertiary alicyclic amines) is 1. The van der Waals surface area contributed by atoms with Crippen molar-refractivity contribution in [1.29, 1.82) is 0 Å². The van der Waals surface area contributed by atoms with Gasteiger partial charge in [-0.15, -0.1) is 0 Å². The summed E-state index contributed by atoms with van der Waals surface area (Å²) in [4.78, 5) is 23.5. The summed E-state index contributed by atoms with van der Waals surface area (Å²) >= 11 is 0. The molecule has 0 aromatic heterocycles. The van der Waals surface area contributed by atoms with E-state index >= 15 is 0 Å². The molecule has 1 aliphatic heterocycles. The fourth-order valence-corrected chi connectivity index (χ4v) is 1.20. The van der Waals surface area contributed by atoms with Crippen molar-refractivity contribution in [2.75, 3.05) is 20.2 Å². The van der Waals surface area contributed by atoms with Gasteiger partial charge in [-0.3, -0.25) is 14.5 Å². The lowest BCUT2D eigenvalue weighted by atomic mass is 10.3. The standard InChI is InChI=1S/C7H12N2O3/c1-12-5-4-6(10)9(3-2-8)7(5)11/h5H,2-4,8H2,1H3/t5-/m1/s1. The Bertz CT molecular complexity index is 205. The van der Waals surface area contributed by atoms with E-state index < -0.39 is 6.10 Å². The van der Waals surface area contributed by atoms with Crippen molar-refractivity contribution in [3.8, 4) is 0 Å². The molecule has 1 atom stereocenters. The highest BCUT2D eigenvalue weighted by Gasteiger charge is 2.37. The van der Waals surface area contributed by atoms with E-state index in [0.29, 0.717) is 6.54 Å². The molecule has 0 aromatic rings. The molecular weight excluding hydrogens is 160 g/mol. The number of ether oxygens (including phenoxy) is 1. The van der Waals surface area contributed by atoms with Crippen molar-refractivity contribution in [2.24, 2.45) is 5.73 Å². The van der Waals surface area contributed by atoms with Crippen LogP contribution in [-0.4, -0.2) is 43.0 Å². The van der Waals surface area contributed by atoms with Gasteiger partial charge in [0.15, 0.2) is 0 Å². The minimum absolute atomic E-state index is 0.148. The lowest BCUT2D eigenvalue weighted by Gasteiger charge is -2.12. The van der Waals surface area contributed by atoms with Gasteiger partial charge in [0.1, 0.15) is 6.10 Å². The van der Waals surface area contributed by atoms with Gasteiger partial charge < -0.3 is 10.5 Å². The number of hydrogen-bond donors (Lipinski definition) is 1. The van der Waals surface area contributed by atoms with E-state index in [0.717, 1.165) is 4.90 Å². The summed E-state index contributed by atoms with van der Waals surface area (Å²) < 4.78 is 4.82. The van der Waals surface area contributed by atoms with Crippen LogP contribution in [0.25, 0.3) is 0 Å². The molecule has 1 saturated heterocycles. The zero-order valence-corrected chi connectivity index (χ0v) is 6.95. The number of rotatable bonds is 3. The summed E-state index contributed by atoms with van der Waals surface area (Å²) in [7, 11) is 1.42. The van der Waals surface area contributed by atoms with Crippen LogP contribution in [0.2, 0.25) is 0 Å². The molecule has 0 aromatic carbocycles. The predicted molar refractivity (Wildman–Crippen MR) is 41.2 cm³/mol. The summed E-state index contributed by atoms with van der Waals surface area (Å²) in [5.74, 6) is -0.467. The third-order valence-corrected chi connectivity index (χ3v) is 1.84. The van der Waals surface area contributed by atoms with Crippen molar-refractivity contribution in [1.82, 2.24) is 4.90 Å². The number of amides is 2. The lowest BCUT2D eigenvalue weighted by Crippen LogP contribution is -2.36. The van der Waals surface area contributed by atoms with Gasteiger partial charge in [-0.1, -0.05) is 0 Å². The fraction of sp³-hybridized carbons (Fsp3) is 0.714. The third-order valence-electron chi connectivity index (χ3n) is 1.84. The van der Waals surface area contributed by atoms with Crippen molar-refractivity contribution in [3.63, 3.8) is 0 Å². The van der Waals surface area contributed by atoms with Crippen molar-refractivity contribution in [3.05, 3.63) is 0 Å². The summed E-state index contributed by atoms with van der Waals surface area (Å²) in [6, 6.07) is 0. The average Bonchev–Trinajstić information content (AvgIpc) is 2.32. The first-order valence-corrected chi connectivity index (χ1v) is 3.77. The highest BCUT2D eigenvalue weighted by molar-refractivity contribution is 6.04. The summed E-state index contributed by atoms with van der Waals surface area (Å²) in [6.07, 6.45) is -0.445. The van der Waals surface area contributed by atoms with E-state index in [-0.39, 0.29) is 24.8 Å². The Hall–Kier alpha value is -0.940. The Balaban J connectivity index is 2.64. The predicted octanol–water partition coefficient (Wildman–Crippen LogP) is -1.28. The minimum atomic E-state index is -0.593. The highest BCUT2D eigenvalue weighted by Crippen LogP contribution is 2.14. The van der Waals surface area contributed by atoms with Crippen molar-refractivity contribution in [2.45, 2.75) is 12.5 Å². The van der Waals surface area contributed by atoms with E-state index in [2.05, 4.69) is 0 Å². The van der Waals surface area contributed by atoms with Gasteiger partial charge in [0.25, 0.3) is 5.91 Å². The number of nitrogens with zero attached hydrogens (tertiary/aromatic N) is 1. The molecule has 0 spiro atoms. The van der Waals surface area contributed by atoms with E-state index in [1.165, 1.54) is 7.11 Å². The normalized spacial score (nSPS) is 23.8. The summed E-state index contributed by atoms with van der Waals surface area (Å²) in [5.41, 5.74) is 5.23. The van der Waals surface area contributed by atoms with Gasteiger partial charge >= 0.3 is 0 Å². The highest BCUT2D eigenvalue weighted by atomic mass is 16.5. The molecular formula is C7H12N2O3. The molecule has 0 saturated carbocycles.